The van der Waals surface area contributed by atoms with Gasteiger partial charge in [0.15, 0.2) is 0 Å². The Morgan fingerprint density at radius 3 is 1.87 bits per heavy atom. The molecule has 4 aromatic carbocycles. The first-order valence-electron chi connectivity index (χ1n) is 23.9. The summed E-state index contributed by atoms with van der Waals surface area (Å²) >= 11 is 0. The Hall–Kier alpha value is -5.64. The van der Waals surface area contributed by atoms with Gasteiger partial charge in [0, 0.05) is 28.8 Å². The van der Waals surface area contributed by atoms with Crippen LogP contribution in [-0.4, -0.2) is 12.2 Å². The molecule has 0 amide bonds. The minimum absolute atomic E-state index is 0.121. The molecule has 5 aliphatic carbocycles. The average Bonchev–Trinajstić information content (AvgIpc) is 3.36. The molecule has 11 rings (SSSR count). The van der Waals surface area contributed by atoms with Crippen LogP contribution in [0.25, 0.3) is 22.3 Å². The molecule has 1 fully saturated rings. The second-order valence-corrected chi connectivity index (χ2v) is 18.9. The third-order valence-corrected chi connectivity index (χ3v) is 15.5. The maximum absolute atomic E-state index is 4.11. The van der Waals surface area contributed by atoms with Crippen molar-refractivity contribution in [1.82, 2.24) is 16.0 Å². The molecular formula is C59H61N3. The maximum atomic E-state index is 4.11. The molecule has 312 valence electrons. The highest BCUT2D eigenvalue weighted by atomic mass is 15.2. The third-order valence-electron chi connectivity index (χ3n) is 15.5. The van der Waals surface area contributed by atoms with Crippen molar-refractivity contribution in [3.63, 3.8) is 0 Å². The van der Waals surface area contributed by atoms with E-state index in [2.05, 4.69) is 180 Å². The van der Waals surface area contributed by atoms with Gasteiger partial charge >= 0.3 is 0 Å². The van der Waals surface area contributed by atoms with Crippen LogP contribution in [0.3, 0.4) is 0 Å². The molecule has 3 nitrogen and oxygen atoms in total. The first-order chi connectivity index (χ1) is 30.7. The lowest BCUT2D eigenvalue weighted by atomic mass is 9.61. The van der Waals surface area contributed by atoms with Gasteiger partial charge in [-0.25, -0.2) is 0 Å². The molecule has 1 saturated carbocycles. The molecule has 0 radical (unpaired) electrons. The second kappa shape index (κ2) is 17.3. The number of nitrogens with one attached hydrogen (secondary N) is 3. The lowest BCUT2D eigenvalue weighted by Gasteiger charge is -2.45. The van der Waals surface area contributed by atoms with Crippen molar-refractivity contribution in [3.8, 4) is 22.3 Å². The number of hydrogen-bond donors (Lipinski definition) is 3. The lowest BCUT2D eigenvalue weighted by Crippen LogP contribution is -2.50. The van der Waals surface area contributed by atoms with Crippen LogP contribution in [0.15, 0.2) is 203 Å². The van der Waals surface area contributed by atoms with E-state index in [0.717, 1.165) is 38.5 Å². The van der Waals surface area contributed by atoms with E-state index in [1.54, 1.807) is 11.1 Å². The fourth-order valence-corrected chi connectivity index (χ4v) is 12.2. The van der Waals surface area contributed by atoms with E-state index in [4.69, 9.17) is 0 Å². The summed E-state index contributed by atoms with van der Waals surface area (Å²) in [6.45, 7) is 0. The van der Waals surface area contributed by atoms with Crippen molar-refractivity contribution in [1.29, 1.82) is 0 Å². The molecule has 2 aliphatic heterocycles. The van der Waals surface area contributed by atoms with Gasteiger partial charge in [0.1, 0.15) is 6.17 Å². The number of rotatable bonds is 8. The fraction of sp³-hybridized carbons (Fsp3) is 0.322. The zero-order chi connectivity index (χ0) is 41.3. The molecule has 0 bridgehead atoms. The van der Waals surface area contributed by atoms with Gasteiger partial charge in [-0.1, -0.05) is 188 Å². The molecule has 7 aliphatic rings. The Bertz CT molecular complexity index is 2520. The van der Waals surface area contributed by atoms with Crippen molar-refractivity contribution in [2.24, 2.45) is 11.3 Å². The zero-order valence-corrected chi connectivity index (χ0v) is 36.2. The molecule has 4 aromatic rings. The highest BCUT2D eigenvalue weighted by Crippen LogP contribution is 2.54. The van der Waals surface area contributed by atoms with Crippen LogP contribution in [0.2, 0.25) is 0 Å². The largest absolute Gasteiger partial charge is 0.379 e. The van der Waals surface area contributed by atoms with Gasteiger partial charge in [-0.15, -0.1) is 0 Å². The number of fused-ring (bicyclic) bond motifs is 1. The number of allylic oxidation sites excluding steroid dienone is 11. The highest BCUT2D eigenvalue weighted by molar-refractivity contribution is 5.65. The van der Waals surface area contributed by atoms with E-state index < -0.39 is 0 Å². The summed E-state index contributed by atoms with van der Waals surface area (Å²) in [5, 5.41) is 12.1. The van der Waals surface area contributed by atoms with Gasteiger partial charge in [0.25, 0.3) is 0 Å². The van der Waals surface area contributed by atoms with Crippen molar-refractivity contribution < 1.29 is 0 Å². The Morgan fingerprint density at radius 1 is 0.548 bits per heavy atom. The molecule has 5 atom stereocenters. The molecular weight excluding hydrogens is 751 g/mol. The van der Waals surface area contributed by atoms with Crippen molar-refractivity contribution in [3.05, 3.63) is 214 Å². The fourth-order valence-electron chi connectivity index (χ4n) is 12.2. The standard InChI is InChI=1S/C59H61N3/c1-4-14-41(15-5-1)43-22-26-45(27-23-43)53-40-56(60-54-20-10-8-18-51(53)54)46-30-34-49(35-31-46)59(38-12-3-13-39-59)50-36-32-48(33-37-50)58-61-55-21-11-9-19-52(55)57(62-58)47-28-24-44(25-29-47)42-16-6-2-7-17-42/h1-2,4-7,10-11,14-17,20-30,32,34,36,40,51,53-54,57-58,60-62H,3,8-9,12-13,18-19,31,33,35,37-39H2/t51?,53?,54?,57?,58-/m1/s1. The predicted octanol–water partition coefficient (Wildman–Crippen LogP) is 14.0. The normalized spacial score (nSPS) is 26.6. The smallest absolute Gasteiger partial charge is 0.100 e. The third kappa shape index (κ3) is 7.64. The first kappa shape index (κ1) is 39.2. The van der Waals surface area contributed by atoms with E-state index in [-0.39, 0.29) is 17.6 Å². The van der Waals surface area contributed by atoms with Crippen LogP contribution in [-0.2, 0) is 0 Å². The molecule has 0 spiro atoms. The van der Waals surface area contributed by atoms with Crippen molar-refractivity contribution >= 4 is 0 Å². The summed E-state index contributed by atoms with van der Waals surface area (Å²) in [6.07, 6.45) is 38.1. The minimum atomic E-state index is 0.121. The lowest BCUT2D eigenvalue weighted by molar-refractivity contribution is 0.272. The van der Waals surface area contributed by atoms with E-state index in [9.17, 15) is 0 Å². The van der Waals surface area contributed by atoms with Crippen LogP contribution in [0.4, 0.5) is 0 Å². The number of hydrogen-bond acceptors (Lipinski definition) is 3. The van der Waals surface area contributed by atoms with Crippen LogP contribution < -0.4 is 16.0 Å². The zero-order valence-electron chi connectivity index (χ0n) is 36.2. The van der Waals surface area contributed by atoms with Gasteiger partial charge in [-0.2, -0.15) is 0 Å². The van der Waals surface area contributed by atoms with E-state index in [1.165, 1.54) is 106 Å². The minimum Gasteiger partial charge on any atom is -0.379 e. The van der Waals surface area contributed by atoms with Crippen LogP contribution >= 0.6 is 0 Å². The topological polar surface area (TPSA) is 36.1 Å². The quantitative estimate of drug-likeness (QED) is 0.155. The average molecular weight is 812 g/mol. The summed E-state index contributed by atoms with van der Waals surface area (Å²) in [4.78, 5) is 0. The molecule has 3 N–H and O–H groups in total. The summed E-state index contributed by atoms with van der Waals surface area (Å²) < 4.78 is 0. The van der Waals surface area contributed by atoms with Crippen LogP contribution in [0.5, 0.6) is 0 Å². The van der Waals surface area contributed by atoms with Gasteiger partial charge in [0.05, 0.1) is 6.04 Å². The SMILES string of the molecule is C1=CC2=C(CC1)C(c1ccc(-c3ccccc3)cc1)N[C@H](C1=CC=C(C3(C4=CC=C(C5=CC(c6ccc(-c7ccccc7)cc6)C6CCC=CC6N5)CC4)CCCCC3)CC1)N2. The van der Waals surface area contributed by atoms with Crippen LogP contribution in [0, 0.1) is 11.3 Å². The Kier molecular flexibility index (Phi) is 10.9. The van der Waals surface area contributed by atoms with Gasteiger partial charge < -0.3 is 10.6 Å². The second-order valence-electron chi connectivity index (χ2n) is 18.9. The predicted molar refractivity (Wildman–Crippen MR) is 258 cm³/mol. The summed E-state index contributed by atoms with van der Waals surface area (Å²) in [5.74, 6) is 0.994. The summed E-state index contributed by atoms with van der Waals surface area (Å²) in [5.41, 5.74) is 18.6. The van der Waals surface area contributed by atoms with Gasteiger partial charge in [-0.3, -0.25) is 5.32 Å². The van der Waals surface area contributed by atoms with Crippen LogP contribution in [0.1, 0.15) is 107 Å². The Morgan fingerprint density at radius 2 is 1.21 bits per heavy atom. The molecule has 0 aromatic heterocycles. The molecule has 3 heteroatoms. The van der Waals surface area contributed by atoms with E-state index >= 15 is 0 Å². The summed E-state index contributed by atoms with van der Waals surface area (Å²) in [7, 11) is 0. The monoisotopic (exact) mass is 811 g/mol. The van der Waals surface area contributed by atoms with Gasteiger partial charge in [0.2, 0.25) is 0 Å². The van der Waals surface area contributed by atoms with Crippen molar-refractivity contribution in [2.75, 3.05) is 0 Å². The Balaban J connectivity index is 0.847. The van der Waals surface area contributed by atoms with Crippen molar-refractivity contribution in [2.45, 2.75) is 108 Å². The van der Waals surface area contributed by atoms with E-state index in [0.29, 0.717) is 17.9 Å². The summed E-state index contributed by atoms with van der Waals surface area (Å²) in [6, 6.07) is 40.8. The number of benzene rings is 4. The molecule has 0 saturated heterocycles. The van der Waals surface area contributed by atoms with Gasteiger partial charge in [-0.05, 0) is 126 Å². The molecule has 4 unspecified atom stereocenters. The molecule has 62 heavy (non-hydrogen) atoms. The Labute approximate surface area is 369 Å². The first-order valence-corrected chi connectivity index (χ1v) is 23.9. The highest BCUT2D eigenvalue weighted by Gasteiger charge is 2.41. The van der Waals surface area contributed by atoms with E-state index in [1.807, 2.05) is 0 Å². The molecule has 2 heterocycles. The maximum Gasteiger partial charge on any atom is 0.100 e.